The molecule has 2 aromatic rings. The summed E-state index contributed by atoms with van der Waals surface area (Å²) in [5.41, 5.74) is 2.18. The molecule has 0 amide bonds. The fraction of sp³-hybridized carbons (Fsp3) is 0.474. The van der Waals surface area contributed by atoms with Gasteiger partial charge in [0, 0.05) is 37.7 Å². The number of guanidine groups is 1. The predicted molar refractivity (Wildman–Crippen MR) is 112 cm³/mol. The molecule has 0 atom stereocenters. The first kappa shape index (κ1) is 21.4. The lowest BCUT2D eigenvalue weighted by Gasteiger charge is -2.11. The molecule has 0 saturated heterocycles. The molecule has 0 radical (unpaired) electrons. The number of hydrogen-bond donors (Lipinski definition) is 2. The normalized spacial score (nSPS) is 12.2. The number of sulfone groups is 1. The van der Waals surface area contributed by atoms with Gasteiger partial charge in [0.05, 0.1) is 15.6 Å². The first-order valence-corrected chi connectivity index (χ1v) is 11.9. The third-order valence-corrected chi connectivity index (χ3v) is 6.11. The summed E-state index contributed by atoms with van der Waals surface area (Å²) in [6, 6.07) is 7.02. The summed E-state index contributed by atoms with van der Waals surface area (Å²) in [6.07, 6.45) is 3.82. The van der Waals surface area contributed by atoms with Gasteiger partial charge in [-0.25, -0.2) is 13.4 Å². The Kier molecular flexibility index (Phi) is 8.24. The smallest absolute Gasteiger partial charge is 0.191 e. The van der Waals surface area contributed by atoms with Crippen LogP contribution in [-0.4, -0.2) is 45.3 Å². The Hall–Kier alpha value is -1.93. The van der Waals surface area contributed by atoms with Crippen molar-refractivity contribution in [2.75, 3.05) is 25.9 Å². The van der Waals surface area contributed by atoms with Crippen molar-refractivity contribution >= 4 is 27.1 Å². The summed E-state index contributed by atoms with van der Waals surface area (Å²) in [5.74, 6) is 0.788. The number of benzene rings is 1. The molecule has 0 fully saturated rings. The number of rotatable bonds is 9. The molecule has 1 heterocycles. The van der Waals surface area contributed by atoms with Crippen molar-refractivity contribution in [3.05, 3.63) is 45.9 Å². The second kappa shape index (κ2) is 10.4. The molecule has 2 N–H and O–H groups in total. The first-order valence-electron chi connectivity index (χ1n) is 9.16. The Bertz CT molecular complexity index is 843. The highest BCUT2D eigenvalue weighted by molar-refractivity contribution is 7.90. The maximum Gasteiger partial charge on any atom is 0.191 e. The first-order chi connectivity index (χ1) is 12.9. The molecule has 148 valence electrons. The Morgan fingerprint density at radius 3 is 2.48 bits per heavy atom. The lowest BCUT2D eigenvalue weighted by Crippen LogP contribution is -2.38. The second-order valence-corrected chi connectivity index (χ2v) is 9.15. The Balaban J connectivity index is 1.82. The molecule has 8 heteroatoms. The van der Waals surface area contributed by atoms with Gasteiger partial charge in [-0.15, -0.1) is 11.3 Å². The lowest BCUT2D eigenvalue weighted by atomic mass is 10.1. The van der Waals surface area contributed by atoms with Gasteiger partial charge in [0.1, 0.15) is 0 Å². The molecule has 27 heavy (non-hydrogen) atoms. The van der Waals surface area contributed by atoms with Crippen molar-refractivity contribution in [3.63, 3.8) is 0 Å². The van der Waals surface area contributed by atoms with Crippen molar-refractivity contribution in [1.82, 2.24) is 15.6 Å². The van der Waals surface area contributed by atoms with Crippen LogP contribution in [0.15, 0.2) is 39.5 Å². The van der Waals surface area contributed by atoms with E-state index in [-0.39, 0.29) is 0 Å². The van der Waals surface area contributed by atoms with Crippen LogP contribution in [0.4, 0.5) is 0 Å². The summed E-state index contributed by atoms with van der Waals surface area (Å²) in [5, 5.41) is 9.84. The van der Waals surface area contributed by atoms with Gasteiger partial charge in [-0.3, -0.25) is 4.99 Å². The number of aryl methyl sites for hydroxylation is 1. The van der Waals surface area contributed by atoms with Gasteiger partial charge in [0.25, 0.3) is 0 Å². The van der Waals surface area contributed by atoms with Crippen molar-refractivity contribution in [2.24, 2.45) is 4.99 Å². The van der Waals surface area contributed by atoms with E-state index in [4.69, 9.17) is 0 Å². The van der Waals surface area contributed by atoms with Crippen LogP contribution in [0.3, 0.4) is 0 Å². The van der Waals surface area contributed by atoms with Crippen molar-refractivity contribution in [1.29, 1.82) is 0 Å². The van der Waals surface area contributed by atoms with Gasteiger partial charge in [0.2, 0.25) is 0 Å². The van der Waals surface area contributed by atoms with Gasteiger partial charge in [-0.2, -0.15) is 0 Å². The van der Waals surface area contributed by atoms with E-state index in [2.05, 4.69) is 32.9 Å². The number of hydrogen-bond acceptors (Lipinski definition) is 5. The molecule has 0 bridgehead atoms. The van der Waals surface area contributed by atoms with Crippen LogP contribution in [0.1, 0.15) is 30.1 Å². The van der Waals surface area contributed by atoms with Gasteiger partial charge < -0.3 is 10.6 Å². The minimum absolute atomic E-state index is 0.349. The molecule has 2 rings (SSSR count). The zero-order valence-electron chi connectivity index (χ0n) is 16.2. The minimum Gasteiger partial charge on any atom is -0.357 e. The summed E-state index contributed by atoms with van der Waals surface area (Å²) < 4.78 is 23.0. The van der Waals surface area contributed by atoms with Crippen LogP contribution in [-0.2, 0) is 29.1 Å². The third-order valence-electron chi connectivity index (χ3n) is 3.94. The molecule has 6 nitrogen and oxygen atoms in total. The molecule has 1 aromatic heterocycles. The van der Waals surface area contributed by atoms with Gasteiger partial charge >= 0.3 is 0 Å². The predicted octanol–water partition coefficient (Wildman–Crippen LogP) is 2.45. The molecular formula is C19H28N4O2S2. The lowest BCUT2D eigenvalue weighted by molar-refractivity contribution is 0.602. The van der Waals surface area contributed by atoms with Crippen molar-refractivity contribution in [3.8, 4) is 0 Å². The quantitative estimate of drug-likeness (QED) is 0.492. The van der Waals surface area contributed by atoms with E-state index < -0.39 is 9.84 Å². The third kappa shape index (κ3) is 7.30. The number of aromatic nitrogens is 1. The maximum atomic E-state index is 11.5. The van der Waals surface area contributed by atoms with E-state index in [1.807, 2.05) is 19.1 Å². The Morgan fingerprint density at radius 1 is 1.15 bits per heavy atom. The number of aliphatic imine (C=N–C) groups is 1. The molecule has 0 aliphatic heterocycles. The molecule has 0 spiro atoms. The van der Waals surface area contributed by atoms with Crippen LogP contribution in [0.2, 0.25) is 0 Å². The number of nitrogens with zero attached hydrogens (tertiary/aromatic N) is 2. The monoisotopic (exact) mass is 408 g/mol. The highest BCUT2D eigenvalue weighted by Crippen LogP contribution is 2.11. The van der Waals surface area contributed by atoms with E-state index in [1.54, 1.807) is 23.5 Å². The molecule has 0 aliphatic carbocycles. The highest BCUT2D eigenvalue weighted by Gasteiger charge is 2.06. The fourth-order valence-electron chi connectivity index (χ4n) is 2.48. The minimum atomic E-state index is -3.14. The van der Waals surface area contributed by atoms with Gasteiger partial charge in [-0.1, -0.05) is 19.1 Å². The van der Waals surface area contributed by atoms with Crippen LogP contribution in [0, 0.1) is 0 Å². The summed E-state index contributed by atoms with van der Waals surface area (Å²) in [6.45, 7) is 6.36. The maximum absolute atomic E-state index is 11.5. The largest absolute Gasteiger partial charge is 0.357 e. The van der Waals surface area contributed by atoms with Gasteiger partial charge in [0.15, 0.2) is 15.8 Å². The zero-order valence-corrected chi connectivity index (χ0v) is 17.8. The second-order valence-electron chi connectivity index (χ2n) is 6.19. The summed E-state index contributed by atoms with van der Waals surface area (Å²) in [4.78, 5) is 9.51. The molecule has 0 unspecified atom stereocenters. The standard InChI is InChI=1S/C19H28N4O2S2/c1-4-18-23-16(14-26-18)11-13-22-19(20-5-2)21-12-10-15-6-8-17(9-7-15)27(3,24)25/h6-9,14H,4-5,10-13H2,1-3H3,(H2,20,21,22). The molecule has 0 aliphatic rings. The van der Waals surface area contributed by atoms with Crippen LogP contribution in [0.5, 0.6) is 0 Å². The van der Waals surface area contributed by atoms with E-state index in [0.29, 0.717) is 11.4 Å². The molecular weight excluding hydrogens is 380 g/mol. The topological polar surface area (TPSA) is 83.4 Å². The molecule has 0 saturated carbocycles. The SMILES string of the molecule is CCNC(=NCCc1csc(CC)n1)NCCc1ccc(S(C)(=O)=O)cc1. The summed E-state index contributed by atoms with van der Waals surface area (Å²) >= 11 is 1.70. The van der Waals surface area contributed by atoms with E-state index in [9.17, 15) is 8.42 Å². The van der Waals surface area contributed by atoms with E-state index in [0.717, 1.165) is 49.6 Å². The zero-order chi connectivity index (χ0) is 19.7. The Morgan fingerprint density at radius 2 is 1.89 bits per heavy atom. The van der Waals surface area contributed by atoms with Gasteiger partial charge in [-0.05, 0) is 37.5 Å². The van der Waals surface area contributed by atoms with Crippen LogP contribution < -0.4 is 10.6 Å². The summed E-state index contributed by atoms with van der Waals surface area (Å²) in [7, 11) is -3.14. The van der Waals surface area contributed by atoms with E-state index in [1.165, 1.54) is 11.3 Å². The molecule has 1 aromatic carbocycles. The number of thiazole rings is 1. The highest BCUT2D eigenvalue weighted by atomic mass is 32.2. The Labute approximate surface area is 166 Å². The average molecular weight is 409 g/mol. The van der Waals surface area contributed by atoms with E-state index >= 15 is 0 Å². The fourth-order valence-corrected chi connectivity index (χ4v) is 3.89. The number of nitrogens with one attached hydrogen (secondary N) is 2. The average Bonchev–Trinajstić information content (AvgIpc) is 3.09. The van der Waals surface area contributed by atoms with Crippen LogP contribution in [0.25, 0.3) is 0 Å². The van der Waals surface area contributed by atoms with Crippen molar-refractivity contribution < 1.29 is 8.42 Å². The van der Waals surface area contributed by atoms with Crippen LogP contribution >= 0.6 is 11.3 Å². The van der Waals surface area contributed by atoms with Crippen molar-refractivity contribution in [2.45, 2.75) is 38.0 Å².